The number of halogens is 1. The average molecular weight is 831 g/mol. The summed E-state index contributed by atoms with van der Waals surface area (Å²) in [5.74, 6) is -2.23. The highest BCUT2D eigenvalue weighted by Crippen LogP contribution is 2.59. The highest BCUT2D eigenvalue weighted by atomic mass is 35.5. The van der Waals surface area contributed by atoms with E-state index in [1.807, 2.05) is 0 Å². The number of piperidine rings is 1. The number of nitrogens with zero attached hydrogens (tertiary/aromatic N) is 4. The number of carbonyl (C=O) groups is 6. The molecule has 19 nitrogen and oxygen atoms in total. The van der Waals surface area contributed by atoms with Gasteiger partial charge < -0.3 is 36.1 Å². The van der Waals surface area contributed by atoms with E-state index in [4.69, 9.17) is 21.1 Å². The molecule has 2 saturated carbocycles. The fraction of sp³-hybridized carbons (Fsp3) is 0.462. The van der Waals surface area contributed by atoms with Gasteiger partial charge >= 0.3 is 0 Å². The predicted octanol–water partition coefficient (Wildman–Crippen LogP) is 1.86. The third-order valence-corrected chi connectivity index (χ3v) is 11.8. The van der Waals surface area contributed by atoms with Crippen LogP contribution in [0.15, 0.2) is 41.5 Å². The number of rotatable bonds is 16. The molecule has 6 amide bonds. The summed E-state index contributed by atoms with van der Waals surface area (Å²) >= 11 is 6.56. The predicted molar refractivity (Wildman–Crippen MR) is 211 cm³/mol. The molecule has 1 unspecified atom stereocenters. The number of anilines is 4. The van der Waals surface area contributed by atoms with Crippen molar-refractivity contribution in [3.63, 3.8) is 0 Å². The Kier molecular flexibility index (Phi) is 11.1. The Hall–Kier alpha value is -5.92. The summed E-state index contributed by atoms with van der Waals surface area (Å²) in [6.07, 6.45) is 7.05. The monoisotopic (exact) mass is 830 g/mol. The number of pyridine rings is 1. The highest BCUT2D eigenvalue weighted by Gasteiger charge is 2.54. The van der Waals surface area contributed by atoms with Crippen LogP contribution in [-0.4, -0.2) is 107 Å². The SMILES string of the molecule is O=C(CNc1cc(Nc2cc(Cl)c3n(c2=O)C2(CCC4(CC4)CC2)NC3=O)ncn1)NCCOCCOCCNc1ccc2c(c1)C(=O)N(C1CCC(=O)NC1=O)C2=O. The largest absolute Gasteiger partial charge is 0.383 e. The summed E-state index contributed by atoms with van der Waals surface area (Å²) in [6.45, 7) is 1.79. The molecule has 3 aromatic rings. The van der Waals surface area contributed by atoms with E-state index < -0.39 is 35.3 Å². The van der Waals surface area contributed by atoms with E-state index in [2.05, 4.69) is 41.9 Å². The minimum atomic E-state index is -1.02. The van der Waals surface area contributed by atoms with Gasteiger partial charge in [0, 0.05) is 31.3 Å². The van der Waals surface area contributed by atoms with E-state index in [0.717, 1.165) is 17.7 Å². The van der Waals surface area contributed by atoms with Crippen LogP contribution in [0.3, 0.4) is 0 Å². The first-order valence-corrected chi connectivity index (χ1v) is 20.0. The number of nitrogens with one attached hydrogen (secondary N) is 6. The van der Waals surface area contributed by atoms with Crippen LogP contribution in [0.4, 0.5) is 23.0 Å². The summed E-state index contributed by atoms with van der Waals surface area (Å²) < 4.78 is 12.7. The average Bonchev–Trinajstić information content (AvgIpc) is 3.86. The van der Waals surface area contributed by atoms with Crippen molar-refractivity contribution in [3.05, 3.63) is 68.9 Å². The quantitative estimate of drug-likeness (QED) is 0.0892. The molecule has 59 heavy (non-hydrogen) atoms. The second kappa shape index (κ2) is 16.4. The molecule has 0 radical (unpaired) electrons. The molecule has 3 aliphatic heterocycles. The van der Waals surface area contributed by atoms with Gasteiger partial charge in [0.25, 0.3) is 23.3 Å². The molecule has 1 aromatic carbocycles. The van der Waals surface area contributed by atoms with Gasteiger partial charge in [0.1, 0.15) is 41.0 Å². The van der Waals surface area contributed by atoms with Gasteiger partial charge in [0.15, 0.2) is 0 Å². The molecule has 6 N–H and O–H groups in total. The maximum atomic E-state index is 13.8. The van der Waals surface area contributed by atoms with E-state index in [1.165, 1.54) is 35.9 Å². The first-order chi connectivity index (χ1) is 28.5. The first kappa shape index (κ1) is 39.9. The van der Waals surface area contributed by atoms with E-state index in [0.29, 0.717) is 61.9 Å². The normalized spacial score (nSPS) is 19.6. The van der Waals surface area contributed by atoms with Gasteiger partial charge in [0.05, 0.1) is 49.1 Å². The third-order valence-electron chi connectivity index (χ3n) is 11.6. The lowest BCUT2D eigenvalue weighted by atomic mass is 9.79. The molecule has 310 valence electrons. The zero-order valence-electron chi connectivity index (χ0n) is 32.0. The van der Waals surface area contributed by atoms with E-state index in [-0.39, 0.29) is 77.4 Å². The van der Waals surface area contributed by atoms with Gasteiger partial charge in [-0.25, -0.2) is 9.97 Å². The lowest BCUT2D eigenvalue weighted by Gasteiger charge is -2.38. The molecule has 20 heteroatoms. The Morgan fingerprint density at radius 1 is 0.847 bits per heavy atom. The van der Waals surface area contributed by atoms with Crippen LogP contribution in [0, 0.1) is 5.41 Å². The number of fused-ring (bicyclic) bond motifs is 3. The van der Waals surface area contributed by atoms with Crippen molar-refractivity contribution in [2.24, 2.45) is 5.41 Å². The minimum Gasteiger partial charge on any atom is -0.383 e. The molecule has 2 aromatic heterocycles. The zero-order chi connectivity index (χ0) is 41.3. The Labute approximate surface area is 342 Å². The standard InChI is InChI=1S/C39H43ClN10O9/c40-25-18-26(37(57)50-32(25)34(54)48-39(50)9-7-38(5-6-38)8-10-39)46-29-19-28(44-21-45-29)43-20-31(52)42-12-14-59-16-15-58-13-11-41-22-1-2-23-24(17-22)36(56)49(35(23)55)27-3-4-30(51)47-33(27)53/h1-2,17-19,21,27,41H,3-16,20H2,(H,42,52)(H,48,54)(H,47,51,53)(H2,43,44,45,46). The van der Waals surface area contributed by atoms with Gasteiger partial charge in [-0.15, -0.1) is 0 Å². The molecule has 3 fully saturated rings. The number of benzene rings is 1. The van der Waals surface area contributed by atoms with Crippen LogP contribution < -0.4 is 37.5 Å². The molecule has 5 heterocycles. The molecular weight excluding hydrogens is 788 g/mol. The number of carbonyl (C=O) groups excluding carboxylic acids is 6. The van der Waals surface area contributed by atoms with Gasteiger partial charge in [-0.3, -0.25) is 48.3 Å². The van der Waals surface area contributed by atoms with Crippen molar-refractivity contribution in [2.75, 3.05) is 62.0 Å². The van der Waals surface area contributed by atoms with Crippen LogP contribution >= 0.6 is 11.6 Å². The first-order valence-electron chi connectivity index (χ1n) is 19.6. The molecule has 0 bridgehead atoms. The Balaban J connectivity index is 0.713. The van der Waals surface area contributed by atoms with Crippen LogP contribution in [0.25, 0.3) is 0 Å². The topological polar surface area (TPSA) is 244 Å². The van der Waals surface area contributed by atoms with Gasteiger partial charge in [-0.1, -0.05) is 11.6 Å². The maximum absolute atomic E-state index is 13.8. The fourth-order valence-corrected chi connectivity index (χ4v) is 8.45. The summed E-state index contributed by atoms with van der Waals surface area (Å²) in [6, 6.07) is 6.73. The number of imide groups is 2. The molecule has 8 rings (SSSR count). The zero-order valence-corrected chi connectivity index (χ0v) is 32.7. The second-order valence-corrected chi connectivity index (χ2v) is 15.8. The van der Waals surface area contributed by atoms with Crippen molar-refractivity contribution in [2.45, 2.75) is 63.1 Å². The molecule has 2 spiro atoms. The summed E-state index contributed by atoms with van der Waals surface area (Å²) in [5.41, 5.74) is 0.520. The van der Waals surface area contributed by atoms with Crippen molar-refractivity contribution in [1.29, 1.82) is 0 Å². The van der Waals surface area contributed by atoms with Crippen LogP contribution in [0.2, 0.25) is 5.02 Å². The molecule has 1 atom stereocenters. The van der Waals surface area contributed by atoms with Gasteiger partial charge in [-0.05, 0) is 74.6 Å². The maximum Gasteiger partial charge on any atom is 0.276 e. The van der Waals surface area contributed by atoms with E-state index >= 15 is 0 Å². The van der Waals surface area contributed by atoms with Gasteiger partial charge in [0.2, 0.25) is 17.7 Å². The molecule has 2 aliphatic carbocycles. The smallest absolute Gasteiger partial charge is 0.276 e. The Bertz CT molecular complexity index is 2290. The lowest BCUT2D eigenvalue weighted by Crippen LogP contribution is -2.54. The van der Waals surface area contributed by atoms with Gasteiger partial charge in [-0.2, -0.15) is 0 Å². The van der Waals surface area contributed by atoms with Crippen molar-refractivity contribution in [1.82, 2.24) is 35.4 Å². The van der Waals surface area contributed by atoms with Crippen molar-refractivity contribution < 1.29 is 38.2 Å². The van der Waals surface area contributed by atoms with Crippen LogP contribution in [0.1, 0.15) is 82.6 Å². The van der Waals surface area contributed by atoms with Crippen molar-refractivity contribution in [3.8, 4) is 0 Å². The third kappa shape index (κ3) is 8.22. The Morgan fingerprint density at radius 2 is 1.56 bits per heavy atom. The number of hydrogen-bond donors (Lipinski definition) is 6. The van der Waals surface area contributed by atoms with E-state index in [9.17, 15) is 33.6 Å². The Morgan fingerprint density at radius 3 is 2.31 bits per heavy atom. The summed E-state index contributed by atoms with van der Waals surface area (Å²) in [7, 11) is 0. The fourth-order valence-electron chi connectivity index (χ4n) is 8.17. The molecular formula is C39H43ClN10O9. The number of amides is 6. The second-order valence-electron chi connectivity index (χ2n) is 15.4. The summed E-state index contributed by atoms with van der Waals surface area (Å²) in [4.78, 5) is 98.1. The van der Waals surface area contributed by atoms with Crippen LogP contribution in [0.5, 0.6) is 0 Å². The number of ether oxygens (including phenoxy) is 2. The molecule has 1 saturated heterocycles. The number of aromatic nitrogens is 3. The summed E-state index contributed by atoms with van der Waals surface area (Å²) in [5, 5.41) is 17.3. The van der Waals surface area contributed by atoms with Crippen molar-refractivity contribution >= 4 is 70.1 Å². The number of hydrogen-bond acceptors (Lipinski definition) is 14. The highest BCUT2D eigenvalue weighted by molar-refractivity contribution is 6.34. The lowest BCUT2D eigenvalue weighted by molar-refractivity contribution is -0.136. The molecule has 5 aliphatic rings. The van der Waals surface area contributed by atoms with E-state index in [1.54, 1.807) is 18.2 Å². The van der Waals surface area contributed by atoms with Crippen LogP contribution in [-0.2, 0) is 29.5 Å². The minimum absolute atomic E-state index is 0.0512.